The number of nitrogens with two attached hydrogens (primary N) is 1. The van der Waals surface area contributed by atoms with Gasteiger partial charge in [-0.05, 0) is 23.3 Å². The van der Waals surface area contributed by atoms with Crippen molar-refractivity contribution in [3.8, 4) is 0 Å². The van der Waals surface area contributed by atoms with Crippen LogP contribution in [0.5, 0.6) is 0 Å². The molecule has 1 aliphatic rings. The molecule has 2 aromatic rings. The van der Waals surface area contributed by atoms with Gasteiger partial charge >= 0.3 is 5.97 Å². The lowest BCUT2D eigenvalue weighted by Crippen LogP contribution is -2.29. The lowest BCUT2D eigenvalue weighted by molar-refractivity contribution is -0.119. The largest absolute Gasteiger partial charge is 0.465 e. The monoisotopic (exact) mass is 310 g/mol. The van der Waals surface area contributed by atoms with Crippen LogP contribution in [0.25, 0.3) is 0 Å². The Kier molecular flexibility index (Phi) is 4.02. The number of hydrogen-bond acceptors (Lipinski definition) is 4. The van der Waals surface area contributed by atoms with Crippen molar-refractivity contribution in [2.24, 2.45) is 5.73 Å². The van der Waals surface area contributed by atoms with Crippen LogP contribution >= 0.6 is 0 Å². The molecule has 0 aromatic heterocycles. The Morgan fingerprint density at radius 3 is 2.61 bits per heavy atom. The fourth-order valence-corrected chi connectivity index (χ4v) is 3.24. The first kappa shape index (κ1) is 15.1. The normalized spacial score (nSPS) is 17.0. The van der Waals surface area contributed by atoms with Crippen LogP contribution < -0.4 is 11.1 Å². The average molecular weight is 310 g/mol. The number of carbonyl (C=O) groups is 2. The number of amides is 1. The molecule has 2 aromatic carbocycles. The van der Waals surface area contributed by atoms with Crippen LogP contribution in [0.3, 0.4) is 0 Å². The highest BCUT2D eigenvalue weighted by atomic mass is 16.5. The van der Waals surface area contributed by atoms with Gasteiger partial charge in [-0.15, -0.1) is 0 Å². The van der Waals surface area contributed by atoms with Gasteiger partial charge < -0.3 is 15.8 Å². The van der Waals surface area contributed by atoms with E-state index in [0.717, 1.165) is 11.3 Å². The fourth-order valence-electron chi connectivity index (χ4n) is 3.24. The Labute approximate surface area is 134 Å². The molecule has 0 bridgehead atoms. The summed E-state index contributed by atoms with van der Waals surface area (Å²) in [6.45, 7) is 0.600. The van der Waals surface area contributed by atoms with Crippen LogP contribution in [-0.4, -0.2) is 25.5 Å². The maximum atomic E-state index is 12.2. The summed E-state index contributed by atoms with van der Waals surface area (Å²) < 4.78 is 4.83. The van der Waals surface area contributed by atoms with E-state index in [0.29, 0.717) is 17.7 Å². The van der Waals surface area contributed by atoms with Crippen molar-refractivity contribution in [1.29, 1.82) is 0 Å². The molecule has 1 aliphatic heterocycles. The molecule has 3 N–H and O–H groups in total. The summed E-state index contributed by atoms with van der Waals surface area (Å²) in [5, 5.41) is 3.29. The standard InChI is InChI=1S/C18H18N2O3/c1-23-18(22)13-8-3-2-7-12(13)16(17(19)21)14-10-20-15-9-5-4-6-11(14)15/h2-9,14,16,20H,10H2,1H3,(H2,19,21). The highest BCUT2D eigenvalue weighted by Gasteiger charge is 2.36. The summed E-state index contributed by atoms with van der Waals surface area (Å²) in [4.78, 5) is 24.2. The lowest BCUT2D eigenvalue weighted by Gasteiger charge is -2.23. The number of hydrogen-bond donors (Lipinski definition) is 2. The Balaban J connectivity index is 2.09. The van der Waals surface area contributed by atoms with Crippen LogP contribution in [0.15, 0.2) is 48.5 Å². The van der Waals surface area contributed by atoms with Crippen LogP contribution in [0.4, 0.5) is 5.69 Å². The zero-order valence-electron chi connectivity index (χ0n) is 12.8. The zero-order chi connectivity index (χ0) is 16.4. The molecule has 23 heavy (non-hydrogen) atoms. The predicted molar refractivity (Wildman–Crippen MR) is 87.4 cm³/mol. The number of para-hydroxylation sites is 1. The van der Waals surface area contributed by atoms with Crippen molar-refractivity contribution in [3.05, 3.63) is 65.2 Å². The van der Waals surface area contributed by atoms with Crippen molar-refractivity contribution in [2.75, 3.05) is 19.0 Å². The molecule has 0 saturated heterocycles. The maximum Gasteiger partial charge on any atom is 0.338 e. The number of carbonyl (C=O) groups excluding carboxylic acids is 2. The highest BCUT2D eigenvalue weighted by molar-refractivity contribution is 5.95. The topological polar surface area (TPSA) is 81.4 Å². The quantitative estimate of drug-likeness (QED) is 0.849. The third-order valence-corrected chi connectivity index (χ3v) is 4.28. The predicted octanol–water partition coefficient (Wildman–Crippen LogP) is 2.25. The third-order valence-electron chi connectivity index (χ3n) is 4.28. The highest BCUT2D eigenvalue weighted by Crippen LogP contribution is 2.41. The molecule has 3 rings (SSSR count). The molecule has 0 spiro atoms. The second kappa shape index (κ2) is 6.12. The first-order valence-electron chi connectivity index (χ1n) is 7.43. The minimum Gasteiger partial charge on any atom is -0.465 e. The SMILES string of the molecule is COC(=O)c1ccccc1C(C(N)=O)C1CNc2ccccc21. The van der Waals surface area contributed by atoms with Crippen molar-refractivity contribution in [1.82, 2.24) is 0 Å². The average Bonchev–Trinajstić information content (AvgIpc) is 2.98. The van der Waals surface area contributed by atoms with Crippen molar-refractivity contribution in [3.63, 3.8) is 0 Å². The number of rotatable bonds is 4. The first-order valence-corrected chi connectivity index (χ1v) is 7.43. The van der Waals surface area contributed by atoms with E-state index in [2.05, 4.69) is 5.32 Å². The van der Waals surface area contributed by atoms with Gasteiger partial charge in [-0.1, -0.05) is 36.4 Å². The summed E-state index contributed by atoms with van der Waals surface area (Å²) >= 11 is 0. The molecule has 1 amide bonds. The molecule has 0 saturated carbocycles. The number of fused-ring (bicyclic) bond motifs is 1. The third kappa shape index (κ3) is 2.65. The van der Waals surface area contributed by atoms with Gasteiger partial charge in [-0.2, -0.15) is 0 Å². The van der Waals surface area contributed by atoms with E-state index in [9.17, 15) is 9.59 Å². The number of anilines is 1. The van der Waals surface area contributed by atoms with Gasteiger partial charge in [0.25, 0.3) is 0 Å². The van der Waals surface area contributed by atoms with Crippen LogP contribution in [0.1, 0.15) is 33.3 Å². The minimum absolute atomic E-state index is 0.116. The molecular formula is C18H18N2O3. The zero-order valence-corrected chi connectivity index (χ0v) is 12.8. The fraction of sp³-hybridized carbons (Fsp3) is 0.222. The lowest BCUT2D eigenvalue weighted by atomic mass is 9.80. The van der Waals surface area contributed by atoms with E-state index in [1.54, 1.807) is 24.3 Å². The molecule has 118 valence electrons. The van der Waals surface area contributed by atoms with Gasteiger partial charge in [0.1, 0.15) is 0 Å². The first-order chi connectivity index (χ1) is 11.1. The van der Waals surface area contributed by atoms with E-state index in [1.807, 2.05) is 24.3 Å². The number of ether oxygens (including phenoxy) is 1. The van der Waals surface area contributed by atoms with Gasteiger partial charge in [-0.25, -0.2) is 4.79 Å². The van der Waals surface area contributed by atoms with E-state index in [1.165, 1.54) is 7.11 Å². The molecule has 2 atom stereocenters. The molecule has 2 unspecified atom stereocenters. The molecule has 0 aliphatic carbocycles. The number of methoxy groups -OCH3 is 1. The summed E-state index contributed by atoms with van der Waals surface area (Å²) in [7, 11) is 1.32. The summed E-state index contributed by atoms with van der Waals surface area (Å²) in [6, 6.07) is 14.8. The Morgan fingerprint density at radius 2 is 1.87 bits per heavy atom. The second-order valence-corrected chi connectivity index (χ2v) is 5.53. The Hall–Kier alpha value is -2.82. The van der Waals surface area contributed by atoms with Crippen molar-refractivity contribution < 1.29 is 14.3 Å². The smallest absolute Gasteiger partial charge is 0.338 e. The minimum atomic E-state index is -0.596. The van der Waals surface area contributed by atoms with Crippen molar-refractivity contribution in [2.45, 2.75) is 11.8 Å². The van der Waals surface area contributed by atoms with Gasteiger partial charge in [0.15, 0.2) is 0 Å². The molecular weight excluding hydrogens is 292 g/mol. The van der Waals surface area contributed by atoms with E-state index < -0.39 is 17.8 Å². The van der Waals surface area contributed by atoms with Crippen LogP contribution in [0, 0.1) is 0 Å². The maximum absolute atomic E-state index is 12.2. The van der Waals surface area contributed by atoms with Crippen LogP contribution in [-0.2, 0) is 9.53 Å². The number of primary amides is 1. The van der Waals surface area contributed by atoms with E-state index in [4.69, 9.17) is 10.5 Å². The van der Waals surface area contributed by atoms with E-state index >= 15 is 0 Å². The molecule has 0 fully saturated rings. The summed E-state index contributed by atoms with van der Waals surface area (Å²) in [5.74, 6) is -1.63. The second-order valence-electron chi connectivity index (χ2n) is 5.53. The molecule has 5 heteroatoms. The number of esters is 1. The summed E-state index contributed by atoms with van der Waals surface area (Å²) in [6.07, 6.45) is 0. The van der Waals surface area contributed by atoms with Gasteiger partial charge in [0.2, 0.25) is 5.91 Å². The molecule has 1 heterocycles. The Bertz CT molecular complexity index is 757. The van der Waals surface area contributed by atoms with Gasteiger partial charge in [0, 0.05) is 18.2 Å². The van der Waals surface area contributed by atoms with Gasteiger partial charge in [0.05, 0.1) is 18.6 Å². The van der Waals surface area contributed by atoms with Crippen LogP contribution in [0.2, 0.25) is 0 Å². The molecule has 0 radical (unpaired) electrons. The van der Waals surface area contributed by atoms with Crippen molar-refractivity contribution >= 4 is 17.6 Å². The molecule has 5 nitrogen and oxygen atoms in total. The summed E-state index contributed by atoms with van der Waals surface area (Å²) in [5.41, 5.74) is 8.72. The number of benzene rings is 2. The Morgan fingerprint density at radius 1 is 1.17 bits per heavy atom. The van der Waals surface area contributed by atoms with E-state index in [-0.39, 0.29) is 5.92 Å². The van der Waals surface area contributed by atoms with Gasteiger partial charge in [-0.3, -0.25) is 4.79 Å². The number of nitrogens with one attached hydrogen (secondary N) is 1.